The molecular weight excluding hydrogens is 272 g/mol. The molecule has 19 heavy (non-hydrogen) atoms. The molecule has 0 aliphatic heterocycles. The molecule has 2 aromatic rings. The molecule has 2 nitrogen and oxygen atoms in total. The number of aromatic amines is 1. The molecule has 0 fully saturated rings. The van der Waals surface area contributed by atoms with Crippen LogP contribution in [0.25, 0.3) is 10.9 Å². The van der Waals surface area contributed by atoms with Gasteiger partial charge in [0.2, 0.25) is 0 Å². The Hall–Kier alpha value is -1.10. The molecule has 3 rings (SSSR count). The van der Waals surface area contributed by atoms with Crippen molar-refractivity contribution in [2.24, 2.45) is 0 Å². The van der Waals surface area contributed by atoms with Crippen LogP contribution in [0.2, 0.25) is 0 Å². The Morgan fingerprint density at radius 3 is 3.11 bits per heavy atom. The standard InChI is InChI=1S/C15H16N2S2/c1-2-5-16-10-6-9-8-17-13-4-3-11(15(18)19)12(7-10)14(9)13/h2-4,8,10,16-17H,1,5-7H2,(H,18,19). The minimum Gasteiger partial charge on any atom is -0.361 e. The van der Waals surface area contributed by atoms with Crippen LogP contribution in [0.4, 0.5) is 0 Å². The maximum absolute atomic E-state index is 5.26. The Bertz CT molecular complexity index is 657. The molecule has 1 aliphatic carbocycles. The summed E-state index contributed by atoms with van der Waals surface area (Å²) in [5.41, 5.74) is 4.98. The van der Waals surface area contributed by atoms with Crippen molar-refractivity contribution < 1.29 is 0 Å². The van der Waals surface area contributed by atoms with Crippen LogP contribution >= 0.6 is 24.8 Å². The Kier molecular flexibility index (Phi) is 3.48. The van der Waals surface area contributed by atoms with Crippen molar-refractivity contribution in [2.45, 2.75) is 18.9 Å². The van der Waals surface area contributed by atoms with E-state index in [2.05, 4.69) is 47.8 Å². The molecule has 1 aliphatic rings. The summed E-state index contributed by atoms with van der Waals surface area (Å²) in [5, 5.41) is 4.85. The molecule has 1 aromatic heterocycles. The van der Waals surface area contributed by atoms with E-state index in [9.17, 15) is 0 Å². The van der Waals surface area contributed by atoms with Gasteiger partial charge in [0.25, 0.3) is 0 Å². The van der Waals surface area contributed by atoms with Crippen molar-refractivity contribution in [2.75, 3.05) is 6.54 Å². The molecule has 0 radical (unpaired) electrons. The highest BCUT2D eigenvalue weighted by molar-refractivity contribution is 8.11. The highest BCUT2D eigenvalue weighted by atomic mass is 32.1. The lowest BCUT2D eigenvalue weighted by molar-refractivity contribution is 0.529. The van der Waals surface area contributed by atoms with E-state index in [0.29, 0.717) is 10.2 Å². The minimum atomic E-state index is 0.438. The predicted molar refractivity (Wildman–Crippen MR) is 88.4 cm³/mol. The molecule has 4 heteroatoms. The van der Waals surface area contributed by atoms with E-state index in [4.69, 9.17) is 12.2 Å². The second-order valence-corrected chi connectivity index (χ2v) is 6.09. The fourth-order valence-corrected chi connectivity index (χ4v) is 3.32. The summed E-state index contributed by atoms with van der Waals surface area (Å²) >= 11 is 9.62. The number of hydrogen-bond acceptors (Lipinski definition) is 2. The number of aromatic nitrogens is 1. The zero-order valence-electron chi connectivity index (χ0n) is 10.6. The van der Waals surface area contributed by atoms with Crippen molar-refractivity contribution in [1.82, 2.24) is 10.3 Å². The maximum atomic E-state index is 5.26. The molecule has 1 unspecified atom stereocenters. The number of thiol groups is 1. The van der Waals surface area contributed by atoms with Crippen molar-refractivity contribution in [1.29, 1.82) is 0 Å². The summed E-state index contributed by atoms with van der Waals surface area (Å²) in [6.07, 6.45) is 6.05. The number of H-pyrrole nitrogens is 1. The maximum Gasteiger partial charge on any atom is 0.0750 e. The summed E-state index contributed by atoms with van der Waals surface area (Å²) in [4.78, 5) is 3.35. The van der Waals surface area contributed by atoms with Crippen molar-refractivity contribution >= 4 is 39.9 Å². The van der Waals surface area contributed by atoms with Gasteiger partial charge in [0.15, 0.2) is 0 Å². The van der Waals surface area contributed by atoms with Crippen molar-refractivity contribution in [3.05, 3.63) is 47.7 Å². The molecule has 0 bridgehead atoms. The normalized spacial score (nSPS) is 17.6. The summed E-state index contributed by atoms with van der Waals surface area (Å²) in [6.45, 7) is 4.60. The fraction of sp³-hybridized carbons (Fsp3) is 0.267. The first-order valence-electron chi connectivity index (χ1n) is 6.40. The van der Waals surface area contributed by atoms with Crippen LogP contribution in [-0.4, -0.2) is 21.8 Å². The first-order chi connectivity index (χ1) is 9.20. The number of hydrogen-bond donors (Lipinski definition) is 3. The second kappa shape index (κ2) is 5.12. The smallest absolute Gasteiger partial charge is 0.0750 e. The SMILES string of the molecule is C=CCNC1Cc2c[nH]c3ccc(C(=S)S)c(c23)C1. The van der Waals surface area contributed by atoms with Gasteiger partial charge in [-0.1, -0.05) is 24.4 Å². The number of thiocarbonyl (C=S) groups is 1. The lowest BCUT2D eigenvalue weighted by Crippen LogP contribution is -2.35. The van der Waals surface area contributed by atoms with Crippen LogP contribution in [0.3, 0.4) is 0 Å². The Morgan fingerprint density at radius 1 is 1.53 bits per heavy atom. The first-order valence-corrected chi connectivity index (χ1v) is 7.25. The van der Waals surface area contributed by atoms with Gasteiger partial charge in [0, 0.05) is 35.2 Å². The Morgan fingerprint density at radius 2 is 2.37 bits per heavy atom. The van der Waals surface area contributed by atoms with E-state index in [-0.39, 0.29) is 0 Å². The topological polar surface area (TPSA) is 27.8 Å². The van der Waals surface area contributed by atoms with Gasteiger partial charge in [-0.05, 0) is 30.0 Å². The molecule has 0 saturated heterocycles. The highest BCUT2D eigenvalue weighted by Crippen LogP contribution is 2.32. The van der Waals surface area contributed by atoms with Gasteiger partial charge in [0.1, 0.15) is 0 Å². The lowest BCUT2D eigenvalue weighted by atomic mass is 9.86. The van der Waals surface area contributed by atoms with Crippen LogP contribution in [0.1, 0.15) is 16.7 Å². The summed E-state index contributed by atoms with van der Waals surface area (Å²) in [6, 6.07) is 4.61. The zero-order chi connectivity index (χ0) is 13.4. The third kappa shape index (κ3) is 2.24. The molecule has 0 saturated carbocycles. The van der Waals surface area contributed by atoms with Crippen molar-refractivity contribution in [3.63, 3.8) is 0 Å². The molecule has 2 N–H and O–H groups in total. The third-order valence-electron chi connectivity index (χ3n) is 3.73. The van der Waals surface area contributed by atoms with E-state index >= 15 is 0 Å². The van der Waals surface area contributed by atoms with Gasteiger partial charge in [-0.25, -0.2) is 0 Å². The summed E-state index contributed by atoms with van der Waals surface area (Å²) < 4.78 is 0.674. The van der Waals surface area contributed by atoms with Crippen LogP contribution in [0, 0.1) is 0 Å². The average molecular weight is 288 g/mol. The van der Waals surface area contributed by atoms with Gasteiger partial charge in [0.05, 0.1) is 4.20 Å². The minimum absolute atomic E-state index is 0.438. The van der Waals surface area contributed by atoms with E-state index in [1.807, 2.05) is 6.08 Å². The molecule has 1 atom stereocenters. The summed E-state index contributed by atoms with van der Waals surface area (Å²) in [5.74, 6) is 0. The molecule has 0 spiro atoms. The Balaban J connectivity index is 2.08. The van der Waals surface area contributed by atoms with E-state index < -0.39 is 0 Å². The highest BCUT2D eigenvalue weighted by Gasteiger charge is 2.24. The van der Waals surface area contributed by atoms with Crippen LogP contribution in [0.15, 0.2) is 31.0 Å². The third-order valence-corrected chi connectivity index (χ3v) is 4.19. The largest absolute Gasteiger partial charge is 0.361 e. The van der Waals surface area contributed by atoms with Crippen LogP contribution in [-0.2, 0) is 12.8 Å². The monoisotopic (exact) mass is 288 g/mol. The predicted octanol–water partition coefficient (Wildman–Crippen LogP) is 3.02. The van der Waals surface area contributed by atoms with Crippen LogP contribution < -0.4 is 5.32 Å². The quantitative estimate of drug-likeness (QED) is 0.458. The number of benzene rings is 1. The average Bonchev–Trinajstić information content (AvgIpc) is 2.81. The first kappa shape index (κ1) is 12.9. The zero-order valence-corrected chi connectivity index (χ0v) is 12.3. The molecule has 1 aromatic carbocycles. The fourth-order valence-electron chi connectivity index (χ4n) is 2.92. The molecular formula is C15H16N2S2. The van der Waals surface area contributed by atoms with E-state index in [0.717, 1.165) is 24.9 Å². The van der Waals surface area contributed by atoms with Gasteiger partial charge in [-0.3, -0.25) is 0 Å². The van der Waals surface area contributed by atoms with Gasteiger partial charge in [-0.2, -0.15) is 0 Å². The van der Waals surface area contributed by atoms with E-state index in [1.165, 1.54) is 22.0 Å². The number of nitrogens with one attached hydrogen (secondary N) is 2. The molecule has 1 heterocycles. The van der Waals surface area contributed by atoms with Gasteiger partial charge < -0.3 is 10.3 Å². The van der Waals surface area contributed by atoms with E-state index in [1.54, 1.807) is 0 Å². The lowest BCUT2D eigenvalue weighted by Gasteiger charge is -2.25. The molecule has 0 amide bonds. The van der Waals surface area contributed by atoms with Crippen molar-refractivity contribution in [3.8, 4) is 0 Å². The Labute approximate surface area is 123 Å². The van der Waals surface area contributed by atoms with Crippen LogP contribution in [0.5, 0.6) is 0 Å². The molecule has 98 valence electrons. The second-order valence-electron chi connectivity index (χ2n) is 4.94. The number of rotatable bonds is 4. The summed E-state index contributed by atoms with van der Waals surface area (Å²) in [7, 11) is 0. The van der Waals surface area contributed by atoms with Gasteiger partial charge >= 0.3 is 0 Å². The van der Waals surface area contributed by atoms with Gasteiger partial charge in [-0.15, -0.1) is 19.2 Å².